The minimum absolute atomic E-state index is 0.257. The smallest absolute Gasteiger partial charge is 0.103 e. The molecule has 1 unspecified atom stereocenters. The van der Waals surface area contributed by atoms with Crippen LogP contribution in [0, 0.1) is 0 Å². The molecule has 0 spiro atoms. The standard InChI is InChI=1S/C11H22BNS/c1-3-5-7-9-11(12,13-10-14)8-6-4-2/h10H,3-9H2,1-2H3,(H,13,14). The quantitative estimate of drug-likeness (QED) is 0.357. The molecule has 0 saturated heterocycles. The molecule has 2 radical (unpaired) electrons. The van der Waals surface area contributed by atoms with E-state index in [1.807, 2.05) is 0 Å². The Morgan fingerprint density at radius 1 is 1.14 bits per heavy atom. The predicted molar refractivity (Wildman–Crippen MR) is 68.9 cm³/mol. The maximum absolute atomic E-state index is 6.23. The lowest BCUT2D eigenvalue weighted by Gasteiger charge is -2.30. The lowest BCUT2D eigenvalue weighted by atomic mass is 9.70. The summed E-state index contributed by atoms with van der Waals surface area (Å²) >= 11 is 4.81. The number of nitrogens with one attached hydrogen (secondary N) is 1. The zero-order valence-electron chi connectivity index (χ0n) is 9.51. The van der Waals surface area contributed by atoms with E-state index in [4.69, 9.17) is 20.1 Å². The molecule has 0 fully saturated rings. The molecule has 0 saturated carbocycles. The Morgan fingerprint density at radius 2 is 1.71 bits per heavy atom. The zero-order valence-corrected chi connectivity index (χ0v) is 10.3. The van der Waals surface area contributed by atoms with Crippen molar-refractivity contribution in [3.8, 4) is 0 Å². The van der Waals surface area contributed by atoms with Crippen LogP contribution in [-0.2, 0) is 0 Å². The summed E-state index contributed by atoms with van der Waals surface area (Å²) in [6.07, 6.45) is 8.07. The Morgan fingerprint density at radius 3 is 2.21 bits per heavy atom. The van der Waals surface area contributed by atoms with E-state index in [2.05, 4.69) is 19.2 Å². The van der Waals surface area contributed by atoms with E-state index in [-0.39, 0.29) is 5.44 Å². The van der Waals surface area contributed by atoms with E-state index in [0.29, 0.717) is 0 Å². The fourth-order valence-corrected chi connectivity index (χ4v) is 1.80. The molecule has 0 heterocycles. The van der Waals surface area contributed by atoms with Gasteiger partial charge < -0.3 is 5.32 Å². The molecule has 1 N–H and O–H groups in total. The third kappa shape index (κ3) is 6.42. The SMILES string of the molecule is [B]C(CCCC)(CCCCC)NC=S. The van der Waals surface area contributed by atoms with E-state index in [0.717, 1.165) is 12.8 Å². The molecule has 0 aliphatic rings. The summed E-state index contributed by atoms with van der Waals surface area (Å²) in [5, 5.41) is 3.12. The van der Waals surface area contributed by atoms with Crippen LogP contribution < -0.4 is 5.32 Å². The van der Waals surface area contributed by atoms with Crippen molar-refractivity contribution in [3.63, 3.8) is 0 Å². The van der Waals surface area contributed by atoms with Gasteiger partial charge in [-0.05, 0) is 18.3 Å². The normalized spacial score (nSPS) is 14.7. The van der Waals surface area contributed by atoms with Gasteiger partial charge in [0.05, 0.1) is 5.49 Å². The fraction of sp³-hybridized carbons (Fsp3) is 0.909. The maximum atomic E-state index is 6.23. The van der Waals surface area contributed by atoms with Crippen LogP contribution in [0.4, 0.5) is 0 Å². The van der Waals surface area contributed by atoms with E-state index in [1.54, 1.807) is 5.49 Å². The Kier molecular flexibility index (Phi) is 8.25. The molecule has 0 amide bonds. The Labute approximate surface area is 95.4 Å². The molecule has 0 aliphatic carbocycles. The first-order chi connectivity index (χ1) is 6.68. The second kappa shape index (κ2) is 8.28. The molecule has 0 aromatic heterocycles. The number of thiocarbonyl (C=S) groups is 1. The first kappa shape index (κ1) is 14.0. The highest BCUT2D eigenvalue weighted by Gasteiger charge is 2.20. The molecular formula is C11H22BNS. The van der Waals surface area contributed by atoms with Crippen LogP contribution in [0.2, 0.25) is 0 Å². The molecule has 1 nitrogen and oxygen atoms in total. The first-order valence-electron chi connectivity index (χ1n) is 5.68. The number of rotatable bonds is 9. The molecule has 0 aromatic carbocycles. The van der Waals surface area contributed by atoms with Crippen molar-refractivity contribution in [1.82, 2.24) is 5.32 Å². The summed E-state index contributed by atoms with van der Waals surface area (Å²) in [5.74, 6) is 0. The molecule has 1 atom stereocenters. The van der Waals surface area contributed by atoms with Crippen molar-refractivity contribution in [1.29, 1.82) is 0 Å². The topological polar surface area (TPSA) is 12.0 Å². The lowest BCUT2D eigenvalue weighted by Crippen LogP contribution is -2.44. The van der Waals surface area contributed by atoms with Gasteiger partial charge in [0, 0.05) is 0 Å². The zero-order chi connectivity index (χ0) is 10.9. The highest BCUT2D eigenvalue weighted by atomic mass is 32.1. The highest BCUT2D eigenvalue weighted by Crippen LogP contribution is 2.18. The molecule has 0 bridgehead atoms. The molecule has 80 valence electrons. The van der Waals surface area contributed by atoms with E-state index in [9.17, 15) is 0 Å². The minimum Gasteiger partial charge on any atom is -0.385 e. The fourth-order valence-electron chi connectivity index (χ4n) is 1.57. The van der Waals surface area contributed by atoms with Gasteiger partial charge >= 0.3 is 0 Å². The molecule has 0 rings (SSSR count). The summed E-state index contributed by atoms with van der Waals surface area (Å²) in [4.78, 5) is 0. The third-order valence-electron chi connectivity index (χ3n) is 2.55. The van der Waals surface area contributed by atoms with Crippen molar-refractivity contribution in [2.75, 3.05) is 0 Å². The van der Waals surface area contributed by atoms with Crippen LogP contribution in [0.15, 0.2) is 0 Å². The van der Waals surface area contributed by atoms with Gasteiger partial charge in [-0.25, -0.2) is 0 Å². The van der Waals surface area contributed by atoms with Gasteiger partial charge in [-0.1, -0.05) is 58.2 Å². The second-order valence-electron chi connectivity index (χ2n) is 3.98. The van der Waals surface area contributed by atoms with Crippen LogP contribution in [0.5, 0.6) is 0 Å². The van der Waals surface area contributed by atoms with Gasteiger partial charge in [0.2, 0.25) is 0 Å². The van der Waals surface area contributed by atoms with Crippen molar-refractivity contribution in [2.45, 2.75) is 64.2 Å². The summed E-state index contributed by atoms with van der Waals surface area (Å²) in [7, 11) is 6.23. The van der Waals surface area contributed by atoms with Gasteiger partial charge in [0.25, 0.3) is 0 Å². The Balaban J connectivity index is 3.88. The summed E-state index contributed by atoms with van der Waals surface area (Å²) in [6.45, 7) is 4.39. The van der Waals surface area contributed by atoms with Crippen molar-refractivity contribution in [2.24, 2.45) is 0 Å². The highest BCUT2D eigenvalue weighted by molar-refractivity contribution is 7.78. The first-order valence-corrected chi connectivity index (χ1v) is 6.16. The van der Waals surface area contributed by atoms with E-state index in [1.165, 1.54) is 32.1 Å². The Bertz CT molecular complexity index is 152. The Hall–Kier alpha value is -0.0451. The molecular weight excluding hydrogens is 189 g/mol. The average Bonchev–Trinajstić information content (AvgIpc) is 2.16. The van der Waals surface area contributed by atoms with Crippen molar-refractivity contribution in [3.05, 3.63) is 0 Å². The molecule has 14 heavy (non-hydrogen) atoms. The van der Waals surface area contributed by atoms with Crippen LogP contribution in [-0.4, -0.2) is 18.8 Å². The van der Waals surface area contributed by atoms with Gasteiger partial charge in [0.1, 0.15) is 7.85 Å². The predicted octanol–water partition coefficient (Wildman–Crippen LogP) is 3.17. The monoisotopic (exact) mass is 211 g/mol. The van der Waals surface area contributed by atoms with Crippen LogP contribution in [0.25, 0.3) is 0 Å². The van der Waals surface area contributed by atoms with E-state index < -0.39 is 0 Å². The average molecular weight is 211 g/mol. The van der Waals surface area contributed by atoms with Gasteiger partial charge in [-0.15, -0.1) is 0 Å². The second-order valence-corrected chi connectivity index (χ2v) is 4.21. The minimum atomic E-state index is -0.257. The molecule has 3 heteroatoms. The van der Waals surface area contributed by atoms with Crippen LogP contribution in [0.3, 0.4) is 0 Å². The maximum Gasteiger partial charge on any atom is 0.103 e. The number of unbranched alkanes of at least 4 members (excludes halogenated alkanes) is 3. The van der Waals surface area contributed by atoms with Crippen molar-refractivity contribution < 1.29 is 0 Å². The van der Waals surface area contributed by atoms with Gasteiger partial charge in [-0.3, -0.25) is 0 Å². The summed E-state index contributed by atoms with van der Waals surface area (Å²) in [5.41, 5.74) is 1.30. The van der Waals surface area contributed by atoms with E-state index >= 15 is 0 Å². The number of hydrogen-bond acceptors (Lipinski definition) is 1. The summed E-state index contributed by atoms with van der Waals surface area (Å²) in [6, 6.07) is 0. The van der Waals surface area contributed by atoms with Crippen molar-refractivity contribution >= 4 is 25.6 Å². The van der Waals surface area contributed by atoms with Crippen LogP contribution in [0.1, 0.15) is 58.8 Å². The third-order valence-corrected chi connectivity index (χ3v) is 2.67. The largest absolute Gasteiger partial charge is 0.385 e. The summed E-state index contributed by atoms with van der Waals surface area (Å²) < 4.78 is 0. The van der Waals surface area contributed by atoms with Gasteiger partial charge in [-0.2, -0.15) is 0 Å². The molecule has 0 aliphatic heterocycles. The van der Waals surface area contributed by atoms with Crippen LogP contribution >= 0.6 is 12.2 Å². The number of hydrogen-bond donors (Lipinski definition) is 1. The van der Waals surface area contributed by atoms with Gasteiger partial charge in [0.15, 0.2) is 0 Å². The lowest BCUT2D eigenvalue weighted by molar-refractivity contribution is 0.428. The molecule has 0 aromatic rings.